The van der Waals surface area contributed by atoms with Crippen LogP contribution >= 0.6 is 0 Å². The van der Waals surface area contributed by atoms with E-state index in [1.54, 1.807) is 19.5 Å². The van der Waals surface area contributed by atoms with Gasteiger partial charge in [0.25, 0.3) is 0 Å². The van der Waals surface area contributed by atoms with Gasteiger partial charge in [-0.25, -0.2) is 4.98 Å². The SMILES string of the molecule is COCCCN1CCn2nc(CN3CCN(c4cnccn4)CC3)cc2C1. The van der Waals surface area contributed by atoms with Gasteiger partial charge in [0.15, 0.2) is 0 Å². The van der Waals surface area contributed by atoms with Gasteiger partial charge in [0, 0.05) is 78.5 Å². The van der Waals surface area contributed by atoms with Gasteiger partial charge in [0.1, 0.15) is 5.82 Å². The third-order valence-corrected chi connectivity index (χ3v) is 5.38. The summed E-state index contributed by atoms with van der Waals surface area (Å²) in [6.45, 7) is 9.95. The molecule has 0 bridgehead atoms. The molecule has 0 N–H and O–H groups in total. The number of hydrogen-bond donors (Lipinski definition) is 0. The molecule has 0 atom stereocenters. The van der Waals surface area contributed by atoms with Gasteiger partial charge in [0.2, 0.25) is 0 Å². The van der Waals surface area contributed by atoms with Gasteiger partial charge in [-0.3, -0.25) is 19.5 Å². The van der Waals surface area contributed by atoms with Crippen molar-refractivity contribution in [3.05, 3.63) is 36.0 Å². The quantitative estimate of drug-likeness (QED) is 0.669. The molecule has 0 aromatic carbocycles. The van der Waals surface area contributed by atoms with Gasteiger partial charge in [-0.15, -0.1) is 0 Å². The summed E-state index contributed by atoms with van der Waals surface area (Å²) in [6, 6.07) is 2.29. The zero-order chi connectivity index (χ0) is 18.5. The van der Waals surface area contributed by atoms with Crippen LogP contribution in [0.25, 0.3) is 0 Å². The topological polar surface area (TPSA) is 62.6 Å². The van der Waals surface area contributed by atoms with Crippen LogP contribution in [-0.4, -0.2) is 82.5 Å². The molecule has 0 saturated carbocycles. The Morgan fingerprint density at radius 3 is 2.67 bits per heavy atom. The maximum absolute atomic E-state index is 5.17. The molecular weight excluding hydrogens is 342 g/mol. The summed E-state index contributed by atoms with van der Waals surface area (Å²) in [5, 5.41) is 4.84. The minimum atomic E-state index is 0.835. The van der Waals surface area contributed by atoms with Crippen molar-refractivity contribution in [3.8, 4) is 0 Å². The van der Waals surface area contributed by atoms with E-state index in [1.165, 1.54) is 11.4 Å². The van der Waals surface area contributed by atoms with Crippen LogP contribution in [0, 0.1) is 0 Å². The van der Waals surface area contributed by atoms with Crippen molar-refractivity contribution in [1.82, 2.24) is 29.5 Å². The molecule has 27 heavy (non-hydrogen) atoms. The fourth-order valence-corrected chi connectivity index (χ4v) is 3.90. The molecule has 4 rings (SSSR count). The molecule has 2 aromatic rings. The Morgan fingerprint density at radius 2 is 1.89 bits per heavy atom. The normalized spacial score (nSPS) is 18.6. The fraction of sp³-hybridized carbons (Fsp3) is 0.632. The highest BCUT2D eigenvalue weighted by Gasteiger charge is 2.21. The summed E-state index contributed by atoms with van der Waals surface area (Å²) >= 11 is 0. The third kappa shape index (κ3) is 4.63. The van der Waals surface area contributed by atoms with E-state index >= 15 is 0 Å². The number of nitrogens with zero attached hydrogens (tertiary/aromatic N) is 7. The molecule has 8 heteroatoms. The first-order valence-corrected chi connectivity index (χ1v) is 9.82. The molecule has 2 aromatic heterocycles. The molecule has 0 unspecified atom stereocenters. The second-order valence-corrected chi connectivity index (χ2v) is 7.30. The van der Waals surface area contributed by atoms with Crippen molar-refractivity contribution in [2.45, 2.75) is 26.1 Å². The average molecular weight is 371 g/mol. The summed E-state index contributed by atoms with van der Waals surface area (Å²) in [4.78, 5) is 15.9. The van der Waals surface area contributed by atoms with Gasteiger partial charge in [0.05, 0.1) is 24.1 Å². The van der Waals surface area contributed by atoms with E-state index in [-0.39, 0.29) is 0 Å². The Morgan fingerprint density at radius 1 is 1.04 bits per heavy atom. The van der Waals surface area contributed by atoms with Gasteiger partial charge < -0.3 is 9.64 Å². The Labute approximate surface area is 160 Å². The maximum atomic E-state index is 5.17. The Kier molecular flexibility index (Phi) is 5.96. The average Bonchev–Trinajstić information content (AvgIpc) is 3.11. The number of methoxy groups -OCH3 is 1. The first kappa shape index (κ1) is 18.3. The number of piperazine rings is 1. The second kappa shape index (κ2) is 8.77. The summed E-state index contributed by atoms with van der Waals surface area (Å²) in [6.07, 6.45) is 6.42. The van der Waals surface area contributed by atoms with E-state index < -0.39 is 0 Å². The smallest absolute Gasteiger partial charge is 0.147 e. The number of anilines is 1. The van der Waals surface area contributed by atoms with Crippen molar-refractivity contribution in [2.24, 2.45) is 0 Å². The third-order valence-electron chi connectivity index (χ3n) is 5.38. The monoisotopic (exact) mass is 371 g/mol. The fourth-order valence-electron chi connectivity index (χ4n) is 3.90. The van der Waals surface area contributed by atoms with Crippen LogP contribution in [0.5, 0.6) is 0 Å². The zero-order valence-corrected chi connectivity index (χ0v) is 16.1. The molecular formula is C19H29N7O. The van der Waals surface area contributed by atoms with Crippen molar-refractivity contribution < 1.29 is 4.74 Å². The predicted molar refractivity (Wildman–Crippen MR) is 104 cm³/mol. The van der Waals surface area contributed by atoms with Gasteiger partial charge in [-0.2, -0.15) is 5.10 Å². The number of hydrogen-bond acceptors (Lipinski definition) is 7. The highest BCUT2D eigenvalue weighted by atomic mass is 16.5. The number of fused-ring (bicyclic) bond motifs is 1. The van der Waals surface area contributed by atoms with Crippen LogP contribution in [0.4, 0.5) is 5.82 Å². The molecule has 0 aliphatic carbocycles. The summed E-state index contributed by atoms with van der Waals surface area (Å²) in [7, 11) is 1.77. The lowest BCUT2D eigenvalue weighted by atomic mass is 10.2. The van der Waals surface area contributed by atoms with E-state index in [2.05, 4.69) is 35.4 Å². The van der Waals surface area contributed by atoms with E-state index in [0.717, 1.165) is 77.7 Å². The van der Waals surface area contributed by atoms with Crippen LogP contribution in [0.1, 0.15) is 17.8 Å². The zero-order valence-electron chi connectivity index (χ0n) is 16.1. The van der Waals surface area contributed by atoms with E-state index in [9.17, 15) is 0 Å². The van der Waals surface area contributed by atoms with Crippen LogP contribution in [0.3, 0.4) is 0 Å². The summed E-state index contributed by atoms with van der Waals surface area (Å²) in [5.74, 6) is 0.975. The van der Waals surface area contributed by atoms with Crippen molar-refractivity contribution >= 4 is 5.82 Å². The van der Waals surface area contributed by atoms with Crippen molar-refractivity contribution in [3.63, 3.8) is 0 Å². The van der Waals surface area contributed by atoms with Crippen LogP contribution in [-0.2, 0) is 24.4 Å². The molecule has 1 fully saturated rings. The Bertz CT molecular complexity index is 712. The molecule has 0 spiro atoms. The minimum absolute atomic E-state index is 0.835. The Hall–Kier alpha value is -2.03. The maximum Gasteiger partial charge on any atom is 0.147 e. The lowest BCUT2D eigenvalue weighted by molar-refractivity contribution is 0.156. The molecule has 146 valence electrons. The predicted octanol–water partition coefficient (Wildman–Crippen LogP) is 0.847. The highest BCUT2D eigenvalue weighted by Crippen LogP contribution is 2.17. The molecule has 1 saturated heterocycles. The molecule has 0 amide bonds. The van der Waals surface area contributed by atoms with Gasteiger partial charge >= 0.3 is 0 Å². The molecule has 2 aliphatic heterocycles. The molecule has 4 heterocycles. The van der Waals surface area contributed by atoms with E-state index in [0.29, 0.717) is 0 Å². The first-order chi connectivity index (χ1) is 13.3. The van der Waals surface area contributed by atoms with Gasteiger partial charge in [-0.05, 0) is 12.5 Å². The van der Waals surface area contributed by atoms with Gasteiger partial charge in [-0.1, -0.05) is 0 Å². The lowest BCUT2D eigenvalue weighted by Crippen LogP contribution is -2.46. The minimum Gasteiger partial charge on any atom is -0.385 e. The highest BCUT2D eigenvalue weighted by molar-refractivity contribution is 5.35. The molecule has 8 nitrogen and oxygen atoms in total. The Balaban J connectivity index is 1.28. The van der Waals surface area contributed by atoms with Crippen LogP contribution in [0.15, 0.2) is 24.7 Å². The largest absolute Gasteiger partial charge is 0.385 e. The second-order valence-electron chi connectivity index (χ2n) is 7.30. The number of ether oxygens (including phenoxy) is 1. The number of aromatic nitrogens is 4. The molecule has 2 aliphatic rings. The van der Waals surface area contributed by atoms with Crippen LogP contribution < -0.4 is 4.90 Å². The standard InChI is InChI=1S/C19H29N7O/c1-27-12-2-5-23-8-11-26-18(16-23)13-17(22-26)15-24-6-9-25(10-7-24)19-14-20-3-4-21-19/h3-4,13-14H,2,5-12,15-16H2,1H3. The van der Waals surface area contributed by atoms with E-state index in [4.69, 9.17) is 9.84 Å². The summed E-state index contributed by atoms with van der Waals surface area (Å²) < 4.78 is 7.36. The first-order valence-electron chi connectivity index (χ1n) is 9.82. The van der Waals surface area contributed by atoms with E-state index in [1.807, 2.05) is 6.20 Å². The van der Waals surface area contributed by atoms with Crippen molar-refractivity contribution in [2.75, 3.05) is 57.9 Å². The summed E-state index contributed by atoms with van der Waals surface area (Å²) in [5.41, 5.74) is 2.53. The molecule has 0 radical (unpaired) electrons. The van der Waals surface area contributed by atoms with Crippen molar-refractivity contribution in [1.29, 1.82) is 0 Å². The number of rotatable bonds is 7. The van der Waals surface area contributed by atoms with Crippen LogP contribution in [0.2, 0.25) is 0 Å². The lowest BCUT2D eigenvalue weighted by Gasteiger charge is -2.34.